The van der Waals surface area contributed by atoms with Gasteiger partial charge in [0, 0.05) is 31.7 Å². The smallest absolute Gasteiger partial charge is 0.293 e. The Bertz CT molecular complexity index is 1140. The van der Waals surface area contributed by atoms with Crippen LogP contribution in [0.2, 0.25) is 10.0 Å². The Balaban J connectivity index is 1.43. The van der Waals surface area contributed by atoms with Crippen LogP contribution >= 0.6 is 35.4 Å². The highest BCUT2D eigenvalue weighted by atomic mass is 35.5. The number of nitrogens with one attached hydrogen (secondary N) is 2. The third kappa shape index (κ3) is 5.07. The van der Waals surface area contributed by atoms with Gasteiger partial charge in [0.05, 0.1) is 21.4 Å². The van der Waals surface area contributed by atoms with Crippen LogP contribution in [0.1, 0.15) is 10.6 Å². The highest BCUT2D eigenvalue weighted by Crippen LogP contribution is 2.34. The van der Waals surface area contributed by atoms with Crippen LogP contribution in [0, 0.1) is 0 Å². The van der Waals surface area contributed by atoms with Crippen LogP contribution in [0.25, 0.3) is 11.3 Å². The summed E-state index contributed by atoms with van der Waals surface area (Å²) in [5, 5.41) is 6.79. The van der Waals surface area contributed by atoms with Crippen LogP contribution in [-0.2, 0) is 0 Å². The molecule has 1 amide bonds. The van der Waals surface area contributed by atoms with Crippen molar-refractivity contribution in [3.63, 3.8) is 0 Å². The molecular formula is C23H22Cl2N4O2S. The number of anilines is 2. The minimum atomic E-state index is -0.455. The van der Waals surface area contributed by atoms with E-state index in [-0.39, 0.29) is 10.9 Å². The number of hydrogen-bond donors (Lipinski definition) is 2. The van der Waals surface area contributed by atoms with Gasteiger partial charge in [-0.3, -0.25) is 10.1 Å². The van der Waals surface area contributed by atoms with Crippen LogP contribution in [0.5, 0.6) is 0 Å². The zero-order chi connectivity index (χ0) is 22.7. The summed E-state index contributed by atoms with van der Waals surface area (Å²) in [4.78, 5) is 17.3. The Hall–Kier alpha value is -2.58. The Labute approximate surface area is 202 Å². The quantitative estimate of drug-likeness (QED) is 0.496. The molecule has 3 aromatic rings. The van der Waals surface area contributed by atoms with Crippen molar-refractivity contribution >= 4 is 57.8 Å². The molecule has 1 aliphatic heterocycles. The summed E-state index contributed by atoms with van der Waals surface area (Å²) in [7, 11) is 2.12. The maximum Gasteiger partial charge on any atom is 0.293 e. The third-order valence-electron chi connectivity index (χ3n) is 5.27. The standard InChI is InChI=1S/C23H22Cl2N4O2S/c1-28-11-13-29(14-12-28)18-8-3-2-7-17(18)26-23(32)27-22(30)20-10-9-19(31-20)15-5-4-6-16(24)21(15)25/h2-10H,11-14H2,1H3,(H2,26,27,30,32). The molecule has 0 aliphatic carbocycles. The lowest BCUT2D eigenvalue weighted by Crippen LogP contribution is -2.45. The van der Waals surface area contributed by atoms with Gasteiger partial charge in [-0.1, -0.05) is 41.4 Å². The van der Waals surface area contributed by atoms with Gasteiger partial charge < -0.3 is 19.5 Å². The Morgan fingerprint density at radius 3 is 2.53 bits per heavy atom. The number of carbonyl (C=O) groups excluding carboxylic acids is 1. The third-order valence-corrected chi connectivity index (χ3v) is 6.29. The summed E-state index contributed by atoms with van der Waals surface area (Å²) in [6.07, 6.45) is 0. The van der Waals surface area contributed by atoms with Crippen molar-refractivity contribution in [2.45, 2.75) is 0 Å². The van der Waals surface area contributed by atoms with Gasteiger partial charge in [0.25, 0.3) is 5.91 Å². The van der Waals surface area contributed by atoms with Crippen LogP contribution in [0.4, 0.5) is 11.4 Å². The monoisotopic (exact) mass is 488 g/mol. The molecule has 2 aromatic carbocycles. The number of amides is 1. The fourth-order valence-electron chi connectivity index (χ4n) is 3.52. The van der Waals surface area contributed by atoms with Crippen molar-refractivity contribution in [3.05, 3.63) is 70.4 Å². The first-order chi connectivity index (χ1) is 15.4. The van der Waals surface area contributed by atoms with E-state index in [1.165, 1.54) is 0 Å². The molecule has 0 spiro atoms. The number of carbonyl (C=O) groups is 1. The number of furan rings is 1. The molecule has 2 heterocycles. The molecule has 1 fully saturated rings. The average Bonchev–Trinajstić information content (AvgIpc) is 3.27. The second-order valence-corrected chi connectivity index (χ2v) is 8.67. The first kappa shape index (κ1) is 22.6. The van der Waals surface area contributed by atoms with Crippen LogP contribution in [0.15, 0.2) is 59.0 Å². The molecule has 0 radical (unpaired) electrons. The molecule has 1 aliphatic rings. The van der Waals surface area contributed by atoms with Crippen LogP contribution in [-0.4, -0.2) is 49.1 Å². The second kappa shape index (κ2) is 9.92. The first-order valence-electron chi connectivity index (χ1n) is 10.1. The normalized spacial score (nSPS) is 14.3. The molecular weight excluding hydrogens is 467 g/mol. The number of hydrogen-bond acceptors (Lipinski definition) is 5. The number of rotatable bonds is 4. The molecule has 0 atom stereocenters. The van der Waals surface area contributed by atoms with Crippen molar-refractivity contribution in [2.24, 2.45) is 0 Å². The van der Waals surface area contributed by atoms with E-state index in [0.29, 0.717) is 21.4 Å². The van der Waals surface area contributed by atoms with E-state index < -0.39 is 5.91 Å². The molecule has 0 bridgehead atoms. The SMILES string of the molecule is CN1CCN(c2ccccc2NC(=S)NC(=O)c2ccc(-c3cccc(Cl)c3Cl)o2)CC1. The summed E-state index contributed by atoms with van der Waals surface area (Å²) in [5.41, 5.74) is 2.50. The summed E-state index contributed by atoms with van der Waals surface area (Å²) in [6, 6.07) is 16.4. The Kier molecular flexibility index (Phi) is 7.01. The van der Waals surface area contributed by atoms with E-state index in [9.17, 15) is 4.79 Å². The predicted octanol–water partition coefficient (Wildman–Crippen LogP) is 5.13. The van der Waals surface area contributed by atoms with Gasteiger partial charge in [0.15, 0.2) is 10.9 Å². The number of likely N-dealkylation sites (N-methyl/N-ethyl adjacent to an activating group) is 1. The largest absolute Gasteiger partial charge is 0.451 e. The topological polar surface area (TPSA) is 60.8 Å². The number of halogens is 2. The van der Waals surface area contributed by atoms with E-state index in [0.717, 1.165) is 37.6 Å². The lowest BCUT2D eigenvalue weighted by Gasteiger charge is -2.35. The van der Waals surface area contributed by atoms with Gasteiger partial charge in [0.2, 0.25) is 0 Å². The summed E-state index contributed by atoms with van der Waals surface area (Å²) in [6.45, 7) is 3.84. The van der Waals surface area contributed by atoms with Gasteiger partial charge in [0.1, 0.15) is 5.76 Å². The zero-order valence-electron chi connectivity index (χ0n) is 17.4. The number of nitrogens with zero attached hydrogens (tertiary/aromatic N) is 2. The molecule has 1 aromatic heterocycles. The highest BCUT2D eigenvalue weighted by Gasteiger charge is 2.19. The van der Waals surface area contributed by atoms with Gasteiger partial charge in [-0.15, -0.1) is 0 Å². The number of thiocarbonyl (C=S) groups is 1. The van der Waals surface area contributed by atoms with Crippen molar-refractivity contribution in [2.75, 3.05) is 43.4 Å². The minimum Gasteiger partial charge on any atom is -0.451 e. The molecule has 1 saturated heterocycles. The molecule has 166 valence electrons. The lowest BCUT2D eigenvalue weighted by atomic mass is 10.2. The van der Waals surface area contributed by atoms with Gasteiger partial charge in [-0.05, 0) is 55.7 Å². The van der Waals surface area contributed by atoms with Crippen molar-refractivity contribution < 1.29 is 9.21 Å². The van der Waals surface area contributed by atoms with Gasteiger partial charge in [-0.2, -0.15) is 0 Å². The maximum absolute atomic E-state index is 12.7. The fraction of sp³-hybridized carbons (Fsp3) is 0.217. The number of para-hydroxylation sites is 2. The molecule has 9 heteroatoms. The summed E-state index contributed by atoms with van der Waals surface area (Å²) in [5.74, 6) is 0.110. The van der Waals surface area contributed by atoms with Gasteiger partial charge in [-0.25, -0.2) is 0 Å². The van der Waals surface area contributed by atoms with E-state index in [2.05, 4.69) is 27.5 Å². The molecule has 2 N–H and O–H groups in total. The van der Waals surface area contributed by atoms with Gasteiger partial charge >= 0.3 is 0 Å². The van der Waals surface area contributed by atoms with Crippen molar-refractivity contribution in [1.29, 1.82) is 0 Å². The summed E-state index contributed by atoms with van der Waals surface area (Å²) >= 11 is 17.7. The molecule has 32 heavy (non-hydrogen) atoms. The minimum absolute atomic E-state index is 0.118. The van der Waals surface area contributed by atoms with Crippen LogP contribution in [0.3, 0.4) is 0 Å². The van der Waals surface area contributed by atoms with Crippen molar-refractivity contribution in [1.82, 2.24) is 10.2 Å². The molecule has 0 saturated carbocycles. The van der Waals surface area contributed by atoms with E-state index in [1.54, 1.807) is 30.3 Å². The summed E-state index contributed by atoms with van der Waals surface area (Å²) < 4.78 is 5.69. The molecule has 6 nitrogen and oxygen atoms in total. The van der Waals surface area contributed by atoms with Crippen LogP contribution < -0.4 is 15.5 Å². The van der Waals surface area contributed by atoms with E-state index in [1.807, 2.05) is 24.3 Å². The number of benzene rings is 2. The second-order valence-electron chi connectivity index (χ2n) is 7.48. The lowest BCUT2D eigenvalue weighted by molar-refractivity contribution is 0.0951. The zero-order valence-corrected chi connectivity index (χ0v) is 19.7. The Morgan fingerprint density at radius 2 is 1.75 bits per heavy atom. The van der Waals surface area contributed by atoms with E-state index in [4.69, 9.17) is 39.8 Å². The Morgan fingerprint density at radius 1 is 1.00 bits per heavy atom. The molecule has 4 rings (SSSR count). The predicted molar refractivity (Wildman–Crippen MR) is 134 cm³/mol. The van der Waals surface area contributed by atoms with E-state index >= 15 is 0 Å². The maximum atomic E-state index is 12.7. The first-order valence-corrected chi connectivity index (χ1v) is 11.3. The van der Waals surface area contributed by atoms with Crippen molar-refractivity contribution in [3.8, 4) is 11.3 Å². The fourth-order valence-corrected chi connectivity index (χ4v) is 4.12. The number of piperazine rings is 1. The average molecular weight is 489 g/mol. The highest BCUT2D eigenvalue weighted by molar-refractivity contribution is 7.80. The molecule has 0 unspecified atom stereocenters.